The van der Waals surface area contributed by atoms with E-state index in [0.717, 1.165) is 4.47 Å². The molecule has 0 unspecified atom stereocenters. The van der Waals surface area contributed by atoms with Gasteiger partial charge in [0.15, 0.2) is 0 Å². The van der Waals surface area contributed by atoms with Gasteiger partial charge in [-0.05, 0) is 49.9 Å². The monoisotopic (exact) mass is 484 g/mol. The second-order valence-electron chi connectivity index (χ2n) is 4.54. The molecule has 0 spiro atoms. The number of amides is 2. The van der Waals surface area contributed by atoms with Gasteiger partial charge in [0.1, 0.15) is 6.04 Å². The van der Waals surface area contributed by atoms with Crippen LogP contribution in [0, 0.1) is 5.92 Å². The molecule has 0 aliphatic carbocycles. The third-order valence-electron chi connectivity index (χ3n) is 3.01. The largest absolute Gasteiger partial charge is 0.480 e. The number of benzene rings is 1. The number of anilines is 1. The molecule has 0 radical (unpaired) electrons. The average Bonchev–Trinajstić information content (AvgIpc) is 2.39. The third kappa shape index (κ3) is 5.27. The molecule has 8 heteroatoms. The van der Waals surface area contributed by atoms with Crippen LogP contribution in [0.1, 0.15) is 20.3 Å². The van der Waals surface area contributed by atoms with Crippen molar-refractivity contribution in [2.75, 3.05) is 5.32 Å². The zero-order valence-corrected chi connectivity index (χ0v) is 16.2. The minimum Gasteiger partial charge on any atom is -0.480 e. The Morgan fingerprint density at radius 1 is 1.24 bits per heavy atom. The van der Waals surface area contributed by atoms with Gasteiger partial charge in [0.05, 0.1) is 5.69 Å². The van der Waals surface area contributed by atoms with Gasteiger partial charge in [-0.15, -0.1) is 0 Å². The quantitative estimate of drug-likeness (QED) is 0.569. The van der Waals surface area contributed by atoms with Crippen LogP contribution < -0.4 is 10.6 Å². The van der Waals surface area contributed by atoms with Crippen LogP contribution in [0.2, 0.25) is 0 Å². The first-order valence-corrected chi connectivity index (χ1v) is 8.59. The Hall–Kier alpha value is -0.600. The smallest absolute Gasteiger partial charge is 0.326 e. The number of halogens is 3. The van der Waals surface area contributed by atoms with E-state index < -0.39 is 18.0 Å². The lowest BCUT2D eigenvalue weighted by atomic mass is 9.99. The summed E-state index contributed by atoms with van der Waals surface area (Å²) < 4.78 is 2.19. The molecule has 116 valence electrons. The SMILES string of the molecule is CC[C@H](C)[C@H](NC(=O)Nc1c(Br)cc(Br)cc1Br)C(=O)O. The lowest BCUT2D eigenvalue weighted by Crippen LogP contribution is -2.46. The molecule has 3 N–H and O–H groups in total. The van der Waals surface area contributed by atoms with Crippen molar-refractivity contribution < 1.29 is 14.7 Å². The summed E-state index contributed by atoms with van der Waals surface area (Å²) in [4.78, 5) is 23.2. The standard InChI is InChI=1S/C13H15Br3N2O3/c1-3-6(2)10(12(19)20)17-13(21)18-11-8(15)4-7(14)5-9(11)16/h4-6,10H,3H2,1-2H3,(H,19,20)(H2,17,18,21)/t6-,10-/m0/s1. The molecule has 1 aromatic carbocycles. The molecule has 0 fully saturated rings. The summed E-state index contributed by atoms with van der Waals surface area (Å²) in [5.41, 5.74) is 0.531. The van der Waals surface area contributed by atoms with Crippen LogP contribution in [0.5, 0.6) is 0 Å². The summed E-state index contributed by atoms with van der Waals surface area (Å²) in [7, 11) is 0. The predicted octanol–water partition coefficient (Wildman–Crippen LogP) is 4.59. The molecule has 21 heavy (non-hydrogen) atoms. The van der Waals surface area contributed by atoms with Crippen molar-refractivity contribution in [1.29, 1.82) is 0 Å². The van der Waals surface area contributed by atoms with Crippen LogP contribution in [0.3, 0.4) is 0 Å². The Bertz CT molecular complexity index is 528. The van der Waals surface area contributed by atoms with E-state index in [9.17, 15) is 9.59 Å². The second-order valence-corrected chi connectivity index (χ2v) is 7.17. The van der Waals surface area contributed by atoms with E-state index >= 15 is 0 Å². The van der Waals surface area contributed by atoms with Crippen molar-refractivity contribution in [3.63, 3.8) is 0 Å². The van der Waals surface area contributed by atoms with Crippen molar-refractivity contribution in [2.45, 2.75) is 26.3 Å². The van der Waals surface area contributed by atoms with E-state index in [0.29, 0.717) is 21.1 Å². The summed E-state index contributed by atoms with van der Waals surface area (Å²) in [6, 6.07) is 2.07. The van der Waals surface area contributed by atoms with Crippen LogP contribution in [0.15, 0.2) is 25.6 Å². The first-order valence-electron chi connectivity index (χ1n) is 6.21. The number of carbonyl (C=O) groups excluding carboxylic acids is 1. The van der Waals surface area contributed by atoms with E-state index in [1.54, 1.807) is 19.1 Å². The van der Waals surface area contributed by atoms with Gasteiger partial charge in [0.2, 0.25) is 0 Å². The molecule has 0 bridgehead atoms. The first kappa shape index (κ1) is 18.4. The highest BCUT2D eigenvalue weighted by atomic mass is 79.9. The van der Waals surface area contributed by atoms with Gasteiger partial charge in [-0.25, -0.2) is 9.59 Å². The van der Waals surface area contributed by atoms with Gasteiger partial charge in [0.25, 0.3) is 0 Å². The second kappa shape index (κ2) is 8.14. The van der Waals surface area contributed by atoms with E-state index in [-0.39, 0.29) is 5.92 Å². The fourth-order valence-corrected chi connectivity index (χ4v) is 4.09. The minimum atomic E-state index is -1.05. The van der Waals surface area contributed by atoms with Gasteiger partial charge in [-0.1, -0.05) is 36.2 Å². The summed E-state index contributed by atoms with van der Waals surface area (Å²) in [5.74, 6) is -1.21. The lowest BCUT2D eigenvalue weighted by Gasteiger charge is -2.21. The number of carboxylic acids is 1. The highest BCUT2D eigenvalue weighted by Crippen LogP contribution is 2.34. The molecule has 0 aromatic heterocycles. The van der Waals surface area contributed by atoms with Crippen molar-refractivity contribution in [1.82, 2.24) is 5.32 Å². The number of aliphatic carboxylic acids is 1. The first-order chi connectivity index (χ1) is 9.76. The Morgan fingerprint density at radius 2 is 1.76 bits per heavy atom. The molecule has 2 atom stereocenters. The zero-order chi connectivity index (χ0) is 16.2. The van der Waals surface area contributed by atoms with Gasteiger partial charge in [-0.2, -0.15) is 0 Å². The predicted molar refractivity (Wildman–Crippen MR) is 92.6 cm³/mol. The van der Waals surface area contributed by atoms with Gasteiger partial charge in [0, 0.05) is 13.4 Å². The van der Waals surface area contributed by atoms with Gasteiger partial charge < -0.3 is 15.7 Å². The molecular weight excluding hydrogens is 472 g/mol. The van der Waals surface area contributed by atoms with Crippen LogP contribution in [0.25, 0.3) is 0 Å². The highest BCUT2D eigenvalue weighted by molar-refractivity contribution is 9.11. The van der Waals surface area contributed by atoms with Gasteiger partial charge >= 0.3 is 12.0 Å². The number of carboxylic acid groups (broad SMARTS) is 1. The summed E-state index contributed by atoms with van der Waals surface area (Å²) in [5, 5.41) is 14.3. The Morgan fingerprint density at radius 3 is 2.19 bits per heavy atom. The maximum Gasteiger partial charge on any atom is 0.326 e. The molecule has 0 saturated heterocycles. The number of hydrogen-bond donors (Lipinski definition) is 3. The Balaban J connectivity index is 2.84. The van der Waals surface area contributed by atoms with Crippen LogP contribution in [-0.4, -0.2) is 23.1 Å². The maximum absolute atomic E-state index is 12.0. The fraction of sp³-hybridized carbons (Fsp3) is 0.385. The molecule has 0 saturated carbocycles. The number of nitrogens with one attached hydrogen (secondary N) is 2. The maximum atomic E-state index is 12.0. The van der Waals surface area contributed by atoms with Crippen LogP contribution >= 0.6 is 47.8 Å². The van der Waals surface area contributed by atoms with Crippen LogP contribution in [-0.2, 0) is 4.79 Å². The number of urea groups is 1. The molecule has 5 nitrogen and oxygen atoms in total. The van der Waals surface area contributed by atoms with Crippen molar-refractivity contribution in [3.05, 3.63) is 25.6 Å². The minimum absolute atomic E-state index is 0.162. The molecule has 0 heterocycles. The topological polar surface area (TPSA) is 78.4 Å². The molecule has 1 rings (SSSR count). The number of rotatable bonds is 5. The zero-order valence-electron chi connectivity index (χ0n) is 11.4. The van der Waals surface area contributed by atoms with Gasteiger partial charge in [-0.3, -0.25) is 0 Å². The Labute approximate surface area is 148 Å². The van der Waals surface area contributed by atoms with E-state index in [1.807, 2.05) is 6.92 Å². The summed E-state index contributed by atoms with van der Waals surface area (Å²) in [6.45, 7) is 3.66. The molecule has 0 aliphatic rings. The summed E-state index contributed by atoms with van der Waals surface area (Å²) >= 11 is 10.0. The lowest BCUT2D eigenvalue weighted by molar-refractivity contribution is -0.140. The molecular formula is C13H15Br3N2O3. The number of hydrogen-bond acceptors (Lipinski definition) is 2. The Kier molecular flexibility index (Phi) is 7.15. The molecule has 2 amide bonds. The van der Waals surface area contributed by atoms with Crippen molar-refractivity contribution in [2.24, 2.45) is 5.92 Å². The van der Waals surface area contributed by atoms with E-state index in [4.69, 9.17) is 5.11 Å². The number of carbonyl (C=O) groups is 2. The molecule has 1 aromatic rings. The average molecular weight is 487 g/mol. The van der Waals surface area contributed by atoms with Crippen molar-refractivity contribution >= 4 is 65.5 Å². The normalized spacial score (nSPS) is 13.4. The summed E-state index contributed by atoms with van der Waals surface area (Å²) in [6.07, 6.45) is 0.656. The van der Waals surface area contributed by atoms with Crippen molar-refractivity contribution in [3.8, 4) is 0 Å². The fourth-order valence-electron chi connectivity index (χ4n) is 1.64. The van der Waals surface area contributed by atoms with Crippen LogP contribution in [0.4, 0.5) is 10.5 Å². The van der Waals surface area contributed by atoms with E-state index in [1.165, 1.54) is 0 Å². The highest BCUT2D eigenvalue weighted by Gasteiger charge is 2.25. The molecule has 0 aliphatic heterocycles. The third-order valence-corrected chi connectivity index (χ3v) is 4.72. The van der Waals surface area contributed by atoms with E-state index in [2.05, 4.69) is 58.4 Å².